The number of hydrogen-bond donors (Lipinski definition) is 2. The lowest BCUT2D eigenvalue weighted by atomic mass is 9.61. The molecule has 0 spiro atoms. The highest BCUT2D eigenvalue weighted by Gasteiger charge is 2.50. The van der Waals surface area contributed by atoms with Crippen molar-refractivity contribution in [3.63, 3.8) is 0 Å². The average molecular weight is 402 g/mol. The molecule has 4 aliphatic rings. The van der Waals surface area contributed by atoms with Gasteiger partial charge in [-0.25, -0.2) is 0 Å². The second-order valence-electron chi connectivity index (χ2n) is 11.2. The van der Waals surface area contributed by atoms with E-state index in [4.69, 9.17) is 0 Å². The monoisotopic (exact) mass is 401 g/mol. The van der Waals surface area contributed by atoms with Crippen LogP contribution in [0.15, 0.2) is 23.3 Å². The summed E-state index contributed by atoms with van der Waals surface area (Å²) < 4.78 is 0. The first-order chi connectivity index (χ1) is 13.8. The molecule has 2 unspecified atom stereocenters. The molecule has 4 fully saturated rings. The minimum Gasteiger partial charge on any atom is -0.393 e. The molecule has 29 heavy (non-hydrogen) atoms. The SMILES string of the molecule is CC1CCN(CC(C)[C@H]2CC[C@H]3C(=CC=C4C[C@@H](O)C[C@H](O)C4)CCC[C@]23C)C1. The van der Waals surface area contributed by atoms with Crippen LogP contribution < -0.4 is 0 Å². The van der Waals surface area contributed by atoms with Gasteiger partial charge in [-0.2, -0.15) is 0 Å². The van der Waals surface area contributed by atoms with Crippen LogP contribution in [0, 0.1) is 29.1 Å². The molecule has 4 rings (SSSR count). The van der Waals surface area contributed by atoms with Crippen molar-refractivity contribution in [1.82, 2.24) is 4.90 Å². The van der Waals surface area contributed by atoms with Crippen LogP contribution in [0.3, 0.4) is 0 Å². The van der Waals surface area contributed by atoms with Gasteiger partial charge in [0.25, 0.3) is 0 Å². The standard InChI is InChI=1S/C26H43NO2/c1-18-10-12-27(16-18)17-19(2)24-8-9-25-21(5-4-11-26(24,25)3)7-6-20-13-22(28)15-23(29)14-20/h6-7,18-19,22-25,28-29H,4-5,8-17H2,1-3H3/t18?,19?,22-,23-,24-,25+,26-/m1/s1. The van der Waals surface area contributed by atoms with Crippen LogP contribution in [-0.2, 0) is 0 Å². The fourth-order valence-corrected chi connectivity index (χ4v) is 7.47. The van der Waals surface area contributed by atoms with Crippen molar-refractivity contribution in [3.8, 4) is 0 Å². The lowest BCUT2D eigenvalue weighted by Crippen LogP contribution is -2.39. The first-order valence-electron chi connectivity index (χ1n) is 12.3. The Kier molecular flexibility index (Phi) is 6.58. The highest BCUT2D eigenvalue weighted by molar-refractivity contribution is 5.26. The largest absolute Gasteiger partial charge is 0.393 e. The fourth-order valence-electron chi connectivity index (χ4n) is 7.47. The molecular formula is C26H43NO2. The summed E-state index contributed by atoms with van der Waals surface area (Å²) in [5, 5.41) is 20.0. The molecule has 0 aromatic heterocycles. The molecule has 1 heterocycles. The Hall–Kier alpha value is -0.640. The second-order valence-corrected chi connectivity index (χ2v) is 11.2. The van der Waals surface area contributed by atoms with Gasteiger partial charge in [0.2, 0.25) is 0 Å². The Labute approximate surface area is 178 Å². The van der Waals surface area contributed by atoms with E-state index >= 15 is 0 Å². The number of aliphatic hydroxyl groups is 2. The summed E-state index contributed by atoms with van der Waals surface area (Å²) in [5.74, 6) is 3.24. The molecule has 0 bridgehead atoms. The maximum absolute atomic E-state index is 9.98. The highest BCUT2D eigenvalue weighted by atomic mass is 16.3. The zero-order valence-electron chi connectivity index (χ0n) is 18.9. The lowest BCUT2D eigenvalue weighted by Gasteiger charge is -2.45. The molecule has 3 heteroatoms. The number of fused-ring (bicyclic) bond motifs is 1. The van der Waals surface area contributed by atoms with Gasteiger partial charge >= 0.3 is 0 Å². The fraction of sp³-hybridized carbons (Fsp3) is 0.846. The highest BCUT2D eigenvalue weighted by Crippen LogP contribution is 2.59. The van der Waals surface area contributed by atoms with Crippen molar-refractivity contribution in [2.45, 2.75) is 90.8 Å². The minimum absolute atomic E-state index is 0.370. The van der Waals surface area contributed by atoms with Gasteiger partial charge in [0.05, 0.1) is 12.2 Å². The molecule has 0 radical (unpaired) electrons. The maximum atomic E-state index is 9.98. The minimum atomic E-state index is -0.370. The number of aliphatic hydroxyl groups excluding tert-OH is 2. The van der Waals surface area contributed by atoms with Crippen LogP contribution in [0.25, 0.3) is 0 Å². The van der Waals surface area contributed by atoms with Gasteiger partial charge in [0.1, 0.15) is 0 Å². The zero-order valence-corrected chi connectivity index (χ0v) is 18.9. The van der Waals surface area contributed by atoms with E-state index in [9.17, 15) is 10.2 Å². The summed E-state index contributed by atoms with van der Waals surface area (Å²) in [6, 6.07) is 0. The molecule has 3 saturated carbocycles. The van der Waals surface area contributed by atoms with E-state index in [2.05, 4.69) is 37.8 Å². The maximum Gasteiger partial charge on any atom is 0.0602 e. The number of likely N-dealkylation sites (tertiary alicyclic amines) is 1. The van der Waals surface area contributed by atoms with Crippen LogP contribution >= 0.6 is 0 Å². The van der Waals surface area contributed by atoms with Gasteiger partial charge in [0, 0.05) is 13.1 Å². The zero-order chi connectivity index (χ0) is 20.6. The predicted molar refractivity (Wildman–Crippen MR) is 120 cm³/mol. The Bertz CT molecular complexity index is 629. The number of rotatable bonds is 4. The smallest absolute Gasteiger partial charge is 0.0602 e. The molecule has 3 aliphatic carbocycles. The summed E-state index contributed by atoms with van der Waals surface area (Å²) in [5.41, 5.74) is 3.33. The van der Waals surface area contributed by atoms with E-state index in [0.29, 0.717) is 11.8 Å². The number of hydrogen-bond acceptors (Lipinski definition) is 3. The third kappa shape index (κ3) is 4.67. The van der Waals surface area contributed by atoms with Gasteiger partial charge in [-0.15, -0.1) is 0 Å². The summed E-state index contributed by atoms with van der Waals surface area (Å²) >= 11 is 0. The van der Waals surface area contributed by atoms with Gasteiger partial charge in [-0.3, -0.25) is 0 Å². The van der Waals surface area contributed by atoms with Crippen LogP contribution in [0.4, 0.5) is 0 Å². The Morgan fingerprint density at radius 3 is 2.59 bits per heavy atom. The van der Waals surface area contributed by atoms with Crippen LogP contribution in [0.1, 0.15) is 78.6 Å². The van der Waals surface area contributed by atoms with Crippen LogP contribution in [-0.4, -0.2) is 47.0 Å². The molecule has 1 saturated heterocycles. The van der Waals surface area contributed by atoms with E-state index < -0.39 is 0 Å². The summed E-state index contributed by atoms with van der Waals surface area (Å²) in [7, 11) is 0. The third-order valence-corrected chi connectivity index (χ3v) is 8.85. The van der Waals surface area contributed by atoms with Crippen molar-refractivity contribution >= 4 is 0 Å². The number of allylic oxidation sites excluding steroid dienone is 3. The van der Waals surface area contributed by atoms with Gasteiger partial charge in [-0.1, -0.05) is 44.1 Å². The van der Waals surface area contributed by atoms with Crippen molar-refractivity contribution in [2.75, 3.05) is 19.6 Å². The van der Waals surface area contributed by atoms with Gasteiger partial charge in [-0.05, 0) is 93.4 Å². The number of nitrogens with zero attached hydrogens (tertiary/aromatic N) is 1. The van der Waals surface area contributed by atoms with Gasteiger partial charge in [0.15, 0.2) is 0 Å². The first-order valence-corrected chi connectivity index (χ1v) is 12.3. The third-order valence-electron chi connectivity index (χ3n) is 8.85. The molecule has 2 N–H and O–H groups in total. The van der Waals surface area contributed by atoms with Gasteiger partial charge < -0.3 is 15.1 Å². The predicted octanol–water partition coefficient (Wildman–Crippen LogP) is 4.94. The van der Waals surface area contributed by atoms with Crippen molar-refractivity contribution in [1.29, 1.82) is 0 Å². The Morgan fingerprint density at radius 2 is 1.90 bits per heavy atom. The molecule has 0 aromatic carbocycles. The van der Waals surface area contributed by atoms with Crippen molar-refractivity contribution in [3.05, 3.63) is 23.3 Å². The summed E-state index contributed by atoms with van der Waals surface area (Å²) in [6.07, 6.45) is 13.9. The Balaban J connectivity index is 1.44. The van der Waals surface area contributed by atoms with Crippen LogP contribution in [0.2, 0.25) is 0 Å². The average Bonchev–Trinajstić information content (AvgIpc) is 3.21. The molecule has 0 aromatic rings. The van der Waals surface area contributed by atoms with E-state index in [-0.39, 0.29) is 12.2 Å². The summed E-state index contributed by atoms with van der Waals surface area (Å²) in [4.78, 5) is 2.72. The molecule has 0 amide bonds. The van der Waals surface area contributed by atoms with Crippen molar-refractivity contribution in [2.24, 2.45) is 29.1 Å². The molecule has 3 nitrogen and oxygen atoms in total. The van der Waals surface area contributed by atoms with E-state index in [0.717, 1.165) is 36.5 Å². The molecule has 7 atom stereocenters. The lowest BCUT2D eigenvalue weighted by molar-refractivity contribution is 0.0609. The van der Waals surface area contributed by atoms with Crippen molar-refractivity contribution < 1.29 is 10.2 Å². The van der Waals surface area contributed by atoms with E-state index in [1.165, 1.54) is 63.7 Å². The molecule has 1 aliphatic heterocycles. The van der Waals surface area contributed by atoms with Crippen LogP contribution in [0.5, 0.6) is 0 Å². The molecular weight excluding hydrogens is 358 g/mol. The first kappa shape index (κ1) is 21.6. The normalized spacial score (nSPS) is 43.6. The Morgan fingerprint density at radius 1 is 1.14 bits per heavy atom. The topological polar surface area (TPSA) is 43.7 Å². The second kappa shape index (κ2) is 8.85. The van der Waals surface area contributed by atoms with E-state index in [1.54, 1.807) is 5.57 Å². The van der Waals surface area contributed by atoms with E-state index in [1.807, 2.05) is 0 Å². The molecule has 164 valence electrons. The quantitative estimate of drug-likeness (QED) is 0.701. The summed E-state index contributed by atoms with van der Waals surface area (Å²) in [6.45, 7) is 11.4.